The first-order chi connectivity index (χ1) is 11.1. The number of hydrogen-bond donors (Lipinski definition) is 1. The molecule has 1 N–H and O–H groups in total. The van der Waals surface area contributed by atoms with E-state index in [0.717, 1.165) is 19.6 Å². The number of piperazine rings is 1. The molecular formula is C16H20Cl2N4O2. The number of carbonyl (C=O) groups excluding carboxylic acids is 1. The maximum Gasteiger partial charge on any atom is 0.227 e. The van der Waals surface area contributed by atoms with Crippen molar-refractivity contribution in [1.82, 2.24) is 20.4 Å². The molecule has 0 aliphatic carbocycles. The number of aromatic nitrogens is 2. The zero-order chi connectivity index (χ0) is 16.2. The van der Waals surface area contributed by atoms with Gasteiger partial charge in [0.2, 0.25) is 5.89 Å². The third-order valence-electron chi connectivity index (χ3n) is 4.02. The van der Waals surface area contributed by atoms with E-state index >= 15 is 0 Å². The van der Waals surface area contributed by atoms with Gasteiger partial charge in [0.05, 0.1) is 6.04 Å². The Morgan fingerprint density at radius 3 is 2.88 bits per heavy atom. The Balaban J connectivity index is 0.00000208. The van der Waals surface area contributed by atoms with Crippen molar-refractivity contribution in [3.05, 3.63) is 46.6 Å². The van der Waals surface area contributed by atoms with Gasteiger partial charge >= 0.3 is 0 Å². The van der Waals surface area contributed by atoms with Crippen LogP contribution < -0.4 is 5.32 Å². The Kier molecular flexibility index (Phi) is 6.74. The number of ketones is 1. The van der Waals surface area contributed by atoms with Crippen LogP contribution in [-0.2, 0) is 6.42 Å². The lowest BCUT2D eigenvalue weighted by Gasteiger charge is -2.30. The van der Waals surface area contributed by atoms with Crippen LogP contribution in [0.2, 0.25) is 5.02 Å². The molecule has 1 aromatic heterocycles. The average molecular weight is 371 g/mol. The third kappa shape index (κ3) is 4.54. The van der Waals surface area contributed by atoms with Crippen LogP contribution in [0.1, 0.15) is 34.5 Å². The van der Waals surface area contributed by atoms with Gasteiger partial charge in [-0.05, 0) is 31.3 Å². The van der Waals surface area contributed by atoms with Crippen molar-refractivity contribution >= 4 is 29.8 Å². The van der Waals surface area contributed by atoms with Crippen LogP contribution in [0, 0.1) is 0 Å². The molecule has 0 amide bonds. The molecule has 1 atom stereocenters. The van der Waals surface area contributed by atoms with Crippen LogP contribution in [0.15, 0.2) is 28.8 Å². The molecule has 1 aromatic carbocycles. The monoisotopic (exact) mass is 370 g/mol. The maximum absolute atomic E-state index is 12.1. The highest BCUT2D eigenvalue weighted by Gasteiger charge is 2.25. The lowest BCUT2D eigenvalue weighted by Crippen LogP contribution is -2.44. The minimum Gasteiger partial charge on any atom is -0.339 e. The smallest absolute Gasteiger partial charge is 0.227 e. The molecule has 8 heteroatoms. The second-order valence-corrected chi connectivity index (χ2v) is 6.11. The van der Waals surface area contributed by atoms with Crippen molar-refractivity contribution in [2.24, 2.45) is 0 Å². The number of hydrogen-bond acceptors (Lipinski definition) is 6. The Morgan fingerprint density at radius 2 is 2.17 bits per heavy atom. The topological polar surface area (TPSA) is 71.3 Å². The second kappa shape index (κ2) is 8.58. The highest BCUT2D eigenvalue weighted by atomic mass is 35.5. The van der Waals surface area contributed by atoms with Crippen LogP contribution in [0.5, 0.6) is 0 Å². The zero-order valence-corrected chi connectivity index (χ0v) is 14.9. The number of carbonyl (C=O) groups is 1. The number of nitrogens with zero attached hydrogens (tertiary/aromatic N) is 3. The van der Waals surface area contributed by atoms with E-state index < -0.39 is 0 Å². The fourth-order valence-corrected chi connectivity index (χ4v) is 2.73. The molecule has 1 aliphatic heterocycles. The Bertz CT molecular complexity index is 675. The van der Waals surface area contributed by atoms with E-state index in [1.807, 2.05) is 7.05 Å². The summed E-state index contributed by atoms with van der Waals surface area (Å²) < 4.78 is 5.28. The Morgan fingerprint density at radius 1 is 1.42 bits per heavy atom. The van der Waals surface area contributed by atoms with Crippen molar-refractivity contribution in [2.75, 3.05) is 26.7 Å². The number of likely N-dealkylation sites (N-methyl/N-ethyl adjacent to an activating group) is 1. The van der Waals surface area contributed by atoms with Crippen molar-refractivity contribution in [3.8, 4) is 0 Å². The lowest BCUT2D eigenvalue weighted by molar-refractivity contribution is 0.0979. The fourth-order valence-electron chi connectivity index (χ4n) is 2.60. The van der Waals surface area contributed by atoms with Crippen LogP contribution in [0.25, 0.3) is 0 Å². The molecule has 130 valence electrons. The van der Waals surface area contributed by atoms with Gasteiger partial charge in [-0.1, -0.05) is 16.8 Å². The minimum absolute atomic E-state index is 0. The van der Waals surface area contributed by atoms with Gasteiger partial charge in [0, 0.05) is 43.1 Å². The Hall–Kier alpha value is -1.47. The zero-order valence-electron chi connectivity index (χ0n) is 13.4. The van der Waals surface area contributed by atoms with Crippen LogP contribution in [-0.4, -0.2) is 47.5 Å². The predicted octanol–water partition coefficient (Wildman–Crippen LogP) is 2.54. The van der Waals surface area contributed by atoms with Crippen LogP contribution >= 0.6 is 24.0 Å². The largest absolute Gasteiger partial charge is 0.339 e. The summed E-state index contributed by atoms with van der Waals surface area (Å²) in [5.41, 5.74) is 0.644. The first kappa shape index (κ1) is 18.9. The van der Waals surface area contributed by atoms with Gasteiger partial charge in [-0.25, -0.2) is 0 Å². The molecule has 0 spiro atoms. The van der Waals surface area contributed by atoms with Gasteiger partial charge in [-0.3, -0.25) is 9.69 Å². The lowest BCUT2D eigenvalue weighted by atomic mass is 10.1. The number of benzene rings is 1. The van der Waals surface area contributed by atoms with Gasteiger partial charge in [0.15, 0.2) is 11.6 Å². The number of Topliss-reactive ketones (excluding diaryl/α,β-unsaturated/α-hetero) is 1. The first-order valence-electron chi connectivity index (χ1n) is 7.65. The molecule has 1 aliphatic rings. The summed E-state index contributed by atoms with van der Waals surface area (Å²) >= 11 is 5.82. The number of rotatable bonds is 5. The summed E-state index contributed by atoms with van der Waals surface area (Å²) in [6.45, 7) is 2.72. The molecule has 1 saturated heterocycles. The summed E-state index contributed by atoms with van der Waals surface area (Å²) in [7, 11) is 2.05. The SMILES string of the molecule is CN1CCNCC1c1noc(CCC(=O)c2ccc(Cl)cc2)n1.Cl. The summed E-state index contributed by atoms with van der Waals surface area (Å²) in [4.78, 5) is 18.8. The Labute approximate surface area is 152 Å². The maximum atomic E-state index is 12.1. The standard InChI is InChI=1S/C16H19ClN4O2.ClH/c1-21-9-8-18-10-13(21)16-19-15(23-20-16)7-6-14(22)11-2-4-12(17)5-3-11;/h2-5,13,18H,6-10H2,1H3;1H. The molecule has 0 saturated carbocycles. The number of nitrogens with one attached hydrogen (secondary N) is 1. The summed E-state index contributed by atoms with van der Waals surface area (Å²) in [5, 5.41) is 8.00. The molecule has 6 nitrogen and oxygen atoms in total. The molecule has 2 heterocycles. The quantitative estimate of drug-likeness (QED) is 0.815. The van der Waals surface area contributed by atoms with E-state index in [2.05, 4.69) is 20.4 Å². The summed E-state index contributed by atoms with van der Waals surface area (Å²) in [6.07, 6.45) is 0.778. The minimum atomic E-state index is 0. The molecule has 0 bridgehead atoms. The summed E-state index contributed by atoms with van der Waals surface area (Å²) in [6, 6.07) is 7.00. The van der Waals surface area contributed by atoms with E-state index in [1.54, 1.807) is 24.3 Å². The first-order valence-corrected chi connectivity index (χ1v) is 8.03. The number of aryl methyl sites for hydroxylation is 1. The number of halogens is 2. The molecule has 1 fully saturated rings. The normalized spacial score (nSPS) is 18.2. The van der Waals surface area contributed by atoms with Gasteiger partial charge in [0.25, 0.3) is 0 Å². The molecule has 2 aromatic rings. The molecule has 3 rings (SSSR count). The third-order valence-corrected chi connectivity index (χ3v) is 4.28. The highest BCUT2D eigenvalue weighted by Crippen LogP contribution is 2.18. The molecule has 0 radical (unpaired) electrons. The predicted molar refractivity (Wildman–Crippen MR) is 93.9 cm³/mol. The molecular weight excluding hydrogens is 351 g/mol. The van der Waals surface area contributed by atoms with Gasteiger partial charge < -0.3 is 9.84 Å². The highest BCUT2D eigenvalue weighted by molar-refractivity contribution is 6.30. The van der Waals surface area contributed by atoms with Crippen molar-refractivity contribution in [2.45, 2.75) is 18.9 Å². The van der Waals surface area contributed by atoms with Crippen molar-refractivity contribution in [3.63, 3.8) is 0 Å². The van der Waals surface area contributed by atoms with Crippen LogP contribution in [0.4, 0.5) is 0 Å². The van der Waals surface area contributed by atoms with Gasteiger partial charge in [-0.15, -0.1) is 12.4 Å². The second-order valence-electron chi connectivity index (χ2n) is 5.68. The van der Waals surface area contributed by atoms with Crippen LogP contribution in [0.3, 0.4) is 0 Å². The molecule has 1 unspecified atom stereocenters. The van der Waals surface area contributed by atoms with Gasteiger partial charge in [0.1, 0.15) is 0 Å². The molecule has 24 heavy (non-hydrogen) atoms. The van der Waals surface area contributed by atoms with Crippen molar-refractivity contribution < 1.29 is 9.32 Å². The van der Waals surface area contributed by atoms with Crippen molar-refractivity contribution in [1.29, 1.82) is 0 Å². The summed E-state index contributed by atoms with van der Waals surface area (Å²) in [5.74, 6) is 1.22. The fraction of sp³-hybridized carbons (Fsp3) is 0.438. The van der Waals surface area contributed by atoms with E-state index in [0.29, 0.717) is 35.1 Å². The van der Waals surface area contributed by atoms with E-state index in [9.17, 15) is 4.79 Å². The average Bonchev–Trinajstić information content (AvgIpc) is 3.02. The van der Waals surface area contributed by atoms with E-state index in [4.69, 9.17) is 16.1 Å². The van der Waals surface area contributed by atoms with E-state index in [1.165, 1.54) is 0 Å². The van der Waals surface area contributed by atoms with Gasteiger partial charge in [-0.2, -0.15) is 4.98 Å². The van der Waals surface area contributed by atoms with E-state index in [-0.39, 0.29) is 24.2 Å².